The molecule has 0 spiro atoms. The third kappa shape index (κ3) is 3.62. The summed E-state index contributed by atoms with van der Waals surface area (Å²) in [4.78, 5) is 0. The molecule has 0 rings (SSSR count). The van der Waals surface area contributed by atoms with Crippen molar-refractivity contribution >= 4 is 27.3 Å². The fraction of sp³-hybridized carbons (Fsp3) is 1.00. The Morgan fingerprint density at radius 1 is 1.05 bits per heavy atom. The second-order valence-electron chi connectivity index (χ2n) is 4.84. The molecule has 20 heavy (non-hydrogen) atoms. The molecule has 1 atom stereocenters. The van der Waals surface area contributed by atoms with Crippen molar-refractivity contribution in [2.75, 3.05) is 25.7 Å². The highest BCUT2D eigenvalue weighted by Gasteiger charge is 2.48. The normalized spacial score (nSPS) is 16.1. The van der Waals surface area contributed by atoms with Crippen LogP contribution in [0.15, 0.2) is 0 Å². The largest absolute Gasteiger partial charge is 0.333 e. The fourth-order valence-corrected chi connectivity index (χ4v) is 7.61. The van der Waals surface area contributed by atoms with E-state index < -0.39 is 42.8 Å². The summed E-state index contributed by atoms with van der Waals surface area (Å²) in [6.07, 6.45) is 0. The molecule has 0 N–H and O–H groups in total. The maximum Gasteiger partial charge on any atom is 0.333 e. The predicted octanol–water partition coefficient (Wildman–Crippen LogP) is 1.45. The third-order valence-electron chi connectivity index (χ3n) is 3.39. The zero-order chi connectivity index (χ0) is 16.4. The standard InChI is InChI=1S/C10H23O7PS2/c1-7-19(12,13)10(3,4)20(14,15)8-9(2)18(11,16-5)17-6/h9H,7-8H2,1-6H3. The Labute approximate surface area is 121 Å². The molecule has 7 nitrogen and oxygen atoms in total. The van der Waals surface area contributed by atoms with Crippen molar-refractivity contribution in [2.24, 2.45) is 0 Å². The van der Waals surface area contributed by atoms with Crippen LogP contribution in [0.4, 0.5) is 0 Å². The molecule has 0 aliphatic heterocycles. The lowest BCUT2D eigenvalue weighted by molar-refractivity contribution is 0.269. The molecule has 0 saturated carbocycles. The summed E-state index contributed by atoms with van der Waals surface area (Å²) in [5, 5.41) is 0. The summed E-state index contributed by atoms with van der Waals surface area (Å²) in [6.45, 7) is 5.04. The summed E-state index contributed by atoms with van der Waals surface area (Å²) in [7, 11) is -9.14. The highest BCUT2D eigenvalue weighted by atomic mass is 32.3. The Balaban J connectivity index is 5.56. The van der Waals surface area contributed by atoms with E-state index in [-0.39, 0.29) is 5.75 Å². The average molecular weight is 350 g/mol. The minimum absolute atomic E-state index is 0.292. The second kappa shape index (κ2) is 6.44. The Kier molecular flexibility index (Phi) is 6.45. The minimum Gasteiger partial charge on any atom is -0.312 e. The van der Waals surface area contributed by atoms with Crippen LogP contribution in [-0.4, -0.2) is 52.3 Å². The molecular weight excluding hydrogens is 327 g/mol. The summed E-state index contributed by atoms with van der Waals surface area (Å²) in [5.74, 6) is -0.891. The van der Waals surface area contributed by atoms with Crippen LogP contribution in [0.3, 0.4) is 0 Å². The first kappa shape index (κ1) is 20.1. The molecule has 0 aromatic carbocycles. The molecule has 0 saturated heterocycles. The van der Waals surface area contributed by atoms with Gasteiger partial charge in [-0.1, -0.05) is 13.8 Å². The van der Waals surface area contributed by atoms with Crippen molar-refractivity contribution in [1.29, 1.82) is 0 Å². The SMILES string of the molecule is CCS(=O)(=O)C(C)(C)S(=O)(=O)CC(C)P(=O)(OC)OC. The molecule has 122 valence electrons. The quantitative estimate of drug-likeness (QED) is 0.610. The maximum absolute atomic E-state index is 12.3. The number of hydrogen-bond acceptors (Lipinski definition) is 7. The first-order valence-corrected chi connectivity index (χ1v) is 10.9. The zero-order valence-corrected chi connectivity index (χ0v) is 15.1. The zero-order valence-electron chi connectivity index (χ0n) is 12.6. The molecule has 0 bridgehead atoms. The molecule has 0 aliphatic carbocycles. The van der Waals surface area contributed by atoms with Gasteiger partial charge in [0.25, 0.3) is 0 Å². The number of rotatable bonds is 8. The van der Waals surface area contributed by atoms with E-state index in [1.54, 1.807) is 0 Å². The summed E-state index contributed by atoms with van der Waals surface area (Å²) < 4.78 is 68.2. The van der Waals surface area contributed by atoms with Gasteiger partial charge < -0.3 is 9.05 Å². The van der Waals surface area contributed by atoms with Gasteiger partial charge in [0.2, 0.25) is 0 Å². The van der Waals surface area contributed by atoms with Crippen molar-refractivity contribution in [1.82, 2.24) is 0 Å². The fourth-order valence-electron chi connectivity index (χ4n) is 1.58. The monoisotopic (exact) mass is 350 g/mol. The van der Waals surface area contributed by atoms with Crippen LogP contribution in [0.1, 0.15) is 27.7 Å². The van der Waals surface area contributed by atoms with Crippen LogP contribution < -0.4 is 0 Å². The molecule has 0 aliphatic rings. The topological polar surface area (TPSA) is 104 Å². The molecule has 1 unspecified atom stereocenters. The van der Waals surface area contributed by atoms with E-state index in [2.05, 4.69) is 0 Å². The predicted molar refractivity (Wildman–Crippen MR) is 78.4 cm³/mol. The van der Waals surface area contributed by atoms with Gasteiger partial charge in [-0.25, -0.2) is 16.8 Å². The molecule has 0 heterocycles. The Morgan fingerprint density at radius 3 is 1.75 bits per heavy atom. The Bertz CT molecular complexity index is 569. The second-order valence-corrected chi connectivity index (χ2v) is 13.2. The molecule has 0 radical (unpaired) electrons. The molecule has 10 heteroatoms. The van der Waals surface area contributed by atoms with Gasteiger partial charge in [-0.3, -0.25) is 4.57 Å². The molecule has 0 amide bonds. The summed E-state index contributed by atoms with van der Waals surface area (Å²) in [5.41, 5.74) is -0.964. The van der Waals surface area contributed by atoms with Crippen molar-refractivity contribution in [3.8, 4) is 0 Å². The Hall–Kier alpha value is 0.0500. The lowest BCUT2D eigenvalue weighted by atomic mass is 10.5. The van der Waals surface area contributed by atoms with Gasteiger partial charge in [-0.2, -0.15) is 0 Å². The van der Waals surface area contributed by atoms with E-state index in [1.165, 1.54) is 13.8 Å². The smallest absolute Gasteiger partial charge is 0.312 e. The van der Waals surface area contributed by atoms with Crippen molar-refractivity contribution < 1.29 is 30.4 Å². The van der Waals surface area contributed by atoms with Gasteiger partial charge in [0.05, 0.1) is 11.4 Å². The molecule has 0 aromatic heterocycles. The highest BCUT2D eigenvalue weighted by molar-refractivity contribution is 8.10. The van der Waals surface area contributed by atoms with Gasteiger partial charge in [0.15, 0.2) is 23.8 Å². The summed E-state index contributed by atoms with van der Waals surface area (Å²) >= 11 is 0. The van der Waals surface area contributed by atoms with E-state index in [0.717, 1.165) is 28.1 Å². The summed E-state index contributed by atoms with van der Waals surface area (Å²) in [6, 6.07) is 0. The minimum atomic E-state index is -4.05. The van der Waals surface area contributed by atoms with Crippen LogP contribution in [0.25, 0.3) is 0 Å². The third-order valence-corrected chi connectivity index (χ3v) is 12.1. The van der Waals surface area contributed by atoms with Crippen LogP contribution in [-0.2, 0) is 33.3 Å². The van der Waals surface area contributed by atoms with E-state index in [9.17, 15) is 21.4 Å². The van der Waals surface area contributed by atoms with E-state index in [1.807, 2.05) is 0 Å². The van der Waals surface area contributed by atoms with Crippen LogP contribution in [0.2, 0.25) is 0 Å². The van der Waals surface area contributed by atoms with Gasteiger partial charge in [-0.05, 0) is 13.8 Å². The number of hydrogen-bond donors (Lipinski definition) is 0. The van der Waals surface area contributed by atoms with Crippen molar-refractivity contribution in [2.45, 2.75) is 37.4 Å². The maximum atomic E-state index is 12.3. The first-order chi connectivity index (χ1) is 8.81. The average Bonchev–Trinajstić information content (AvgIpc) is 2.36. The first-order valence-electron chi connectivity index (χ1n) is 5.97. The van der Waals surface area contributed by atoms with Crippen LogP contribution in [0, 0.1) is 0 Å². The highest BCUT2D eigenvalue weighted by Crippen LogP contribution is 2.52. The van der Waals surface area contributed by atoms with E-state index in [4.69, 9.17) is 9.05 Å². The number of sulfone groups is 2. The molecule has 0 fully saturated rings. The van der Waals surface area contributed by atoms with Gasteiger partial charge in [0, 0.05) is 20.0 Å². The van der Waals surface area contributed by atoms with Crippen LogP contribution >= 0.6 is 7.60 Å². The molecular formula is C10H23O7PS2. The Morgan fingerprint density at radius 2 is 1.45 bits per heavy atom. The van der Waals surface area contributed by atoms with Gasteiger partial charge >= 0.3 is 7.60 Å². The lowest BCUT2D eigenvalue weighted by Gasteiger charge is -2.27. The van der Waals surface area contributed by atoms with E-state index in [0.29, 0.717) is 0 Å². The van der Waals surface area contributed by atoms with E-state index >= 15 is 0 Å². The van der Waals surface area contributed by atoms with Crippen molar-refractivity contribution in [3.05, 3.63) is 0 Å². The van der Waals surface area contributed by atoms with Crippen molar-refractivity contribution in [3.63, 3.8) is 0 Å². The van der Waals surface area contributed by atoms with Crippen LogP contribution in [0.5, 0.6) is 0 Å². The van der Waals surface area contributed by atoms with Gasteiger partial charge in [-0.15, -0.1) is 0 Å². The van der Waals surface area contributed by atoms with Gasteiger partial charge in [0.1, 0.15) is 0 Å². The molecule has 0 aromatic rings. The lowest BCUT2D eigenvalue weighted by Crippen LogP contribution is -2.44.